The Balaban J connectivity index is 1.95. The highest BCUT2D eigenvalue weighted by Gasteiger charge is 2.23. The number of hydrogen-bond acceptors (Lipinski definition) is 2. The predicted molar refractivity (Wildman–Crippen MR) is 79.0 cm³/mol. The first-order valence-corrected chi connectivity index (χ1v) is 6.68. The molecule has 3 rings (SSSR count). The van der Waals surface area contributed by atoms with Gasteiger partial charge in [0.05, 0.1) is 13.2 Å². The van der Waals surface area contributed by atoms with Gasteiger partial charge in [-0.1, -0.05) is 24.3 Å². The molecule has 98 valence electrons. The van der Waals surface area contributed by atoms with Gasteiger partial charge in [0.25, 0.3) is 0 Å². The second-order valence-electron chi connectivity index (χ2n) is 5.24. The Kier molecular flexibility index (Phi) is 2.94. The topological polar surface area (TPSA) is 21.3 Å². The summed E-state index contributed by atoms with van der Waals surface area (Å²) in [5.41, 5.74) is 6.52. The van der Waals surface area contributed by atoms with Gasteiger partial charge in [0.1, 0.15) is 5.75 Å². The third-order valence-electron chi connectivity index (χ3n) is 3.93. The number of fused-ring (bicyclic) bond motifs is 1. The summed E-state index contributed by atoms with van der Waals surface area (Å²) >= 11 is 0. The van der Waals surface area contributed by atoms with Crippen LogP contribution in [0.4, 0.5) is 5.69 Å². The van der Waals surface area contributed by atoms with Gasteiger partial charge in [-0.2, -0.15) is 0 Å². The summed E-state index contributed by atoms with van der Waals surface area (Å²) in [5.74, 6) is 0.969. The Morgan fingerprint density at radius 1 is 1.11 bits per heavy atom. The van der Waals surface area contributed by atoms with E-state index in [4.69, 9.17) is 4.74 Å². The summed E-state index contributed by atoms with van der Waals surface area (Å²) < 4.78 is 5.38. The molecule has 0 saturated heterocycles. The van der Waals surface area contributed by atoms with Crippen molar-refractivity contribution in [1.82, 2.24) is 0 Å². The summed E-state index contributed by atoms with van der Waals surface area (Å²) in [6.07, 6.45) is 1.06. The molecule has 1 heterocycles. The zero-order chi connectivity index (χ0) is 13.4. The maximum atomic E-state index is 5.38. The quantitative estimate of drug-likeness (QED) is 0.872. The van der Waals surface area contributed by atoms with Crippen LogP contribution in [0.2, 0.25) is 0 Å². The van der Waals surface area contributed by atoms with E-state index in [1.165, 1.54) is 27.9 Å². The second kappa shape index (κ2) is 4.61. The van der Waals surface area contributed by atoms with E-state index in [9.17, 15) is 0 Å². The van der Waals surface area contributed by atoms with Crippen molar-refractivity contribution in [3.05, 3.63) is 58.7 Å². The standard InChI is InChI=1S/C17H19NO/c1-11-9-17(19-3)12(2)8-14(11)16-10-13-6-4-5-7-15(13)18-16/h4-9,16,18H,10H2,1-3H3. The Morgan fingerprint density at radius 3 is 2.63 bits per heavy atom. The van der Waals surface area contributed by atoms with Crippen LogP contribution in [-0.4, -0.2) is 7.11 Å². The van der Waals surface area contributed by atoms with Gasteiger partial charge >= 0.3 is 0 Å². The summed E-state index contributed by atoms with van der Waals surface area (Å²) in [7, 11) is 1.73. The minimum absolute atomic E-state index is 0.377. The number of para-hydroxylation sites is 1. The van der Waals surface area contributed by atoms with E-state index in [0.29, 0.717) is 6.04 Å². The number of benzene rings is 2. The summed E-state index contributed by atoms with van der Waals surface area (Å²) in [6.45, 7) is 4.26. The SMILES string of the molecule is COc1cc(C)c(C2Cc3ccccc3N2)cc1C. The van der Waals surface area contributed by atoms with Gasteiger partial charge in [0.15, 0.2) is 0 Å². The summed E-state index contributed by atoms with van der Waals surface area (Å²) in [4.78, 5) is 0. The molecule has 1 unspecified atom stereocenters. The maximum absolute atomic E-state index is 5.38. The largest absolute Gasteiger partial charge is 0.496 e. The lowest BCUT2D eigenvalue weighted by Crippen LogP contribution is -2.08. The lowest BCUT2D eigenvalue weighted by Gasteiger charge is -2.17. The average Bonchev–Trinajstić information content (AvgIpc) is 2.84. The molecule has 0 saturated carbocycles. The van der Waals surface area contributed by atoms with Crippen LogP contribution in [0.25, 0.3) is 0 Å². The molecule has 1 aliphatic rings. The first-order chi connectivity index (χ1) is 9.19. The lowest BCUT2D eigenvalue weighted by molar-refractivity contribution is 0.411. The molecule has 0 radical (unpaired) electrons. The van der Waals surface area contributed by atoms with Crippen LogP contribution in [0, 0.1) is 13.8 Å². The molecule has 0 amide bonds. The fourth-order valence-electron chi connectivity index (χ4n) is 2.89. The minimum Gasteiger partial charge on any atom is -0.496 e. The molecule has 2 aromatic rings. The van der Waals surface area contributed by atoms with Crippen molar-refractivity contribution in [2.24, 2.45) is 0 Å². The predicted octanol–water partition coefficient (Wildman–Crippen LogP) is 4.02. The van der Waals surface area contributed by atoms with Crippen molar-refractivity contribution in [2.75, 3.05) is 12.4 Å². The van der Waals surface area contributed by atoms with Gasteiger partial charge in [0.2, 0.25) is 0 Å². The fraction of sp³-hybridized carbons (Fsp3) is 0.294. The molecule has 19 heavy (non-hydrogen) atoms. The number of rotatable bonds is 2. The number of ether oxygens (including phenoxy) is 1. The van der Waals surface area contributed by atoms with Crippen LogP contribution in [0.3, 0.4) is 0 Å². The zero-order valence-corrected chi connectivity index (χ0v) is 11.7. The molecule has 1 atom stereocenters. The van der Waals surface area contributed by atoms with E-state index in [-0.39, 0.29) is 0 Å². The Morgan fingerprint density at radius 2 is 1.89 bits per heavy atom. The van der Waals surface area contributed by atoms with Crippen molar-refractivity contribution in [3.8, 4) is 5.75 Å². The minimum atomic E-state index is 0.377. The molecular formula is C17H19NO. The second-order valence-corrected chi connectivity index (χ2v) is 5.24. The van der Waals surface area contributed by atoms with Crippen LogP contribution in [0.1, 0.15) is 28.3 Å². The molecule has 2 nitrogen and oxygen atoms in total. The van der Waals surface area contributed by atoms with Crippen LogP contribution in [0.5, 0.6) is 5.75 Å². The molecule has 0 spiro atoms. The third-order valence-corrected chi connectivity index (χ3v) is 3.93. The molecule has 0 fully saturated rings. The zero-order valence-electron chi connectivity index (χ0n) is 11.7. The first-order valence-electron chi connectivity index (χ1n) is 6.68. The number of methoxy groups -OCH3 is 1. The fourth-order valence-corrected chi connectivity index (χ4v) is 2.89. The highest BCUT2D eigenvalue weighted by Crippen LogP contribution is 2.36. The van der Waals surface area contributed by atoms with Gasteiger partial charge in [-0.25, -0.2) is 0 Å². The molecule has 2 aromatic carbocycles. The van der Waals surface area contributed by atoms with Gasteiger partial charge in [-0.3, -0.25) is 0 Å². The number of hydrogen-bond donors (Lipinski definition) is 1. The first kappa shape index (κ1) is 12.1. The number of nitrogens with one attached hydrogen (secondary N) is 1. The van der Waals surface area contributed by atoms with E-state index in [1.54, 1.807) is 7.11 Å². The number of aryl methyl sites for hydroxylation is 2. The smallest absolute Gasteiger partial charge is 0.122 e. The highest BCUT2D eigenvalue weighted by molar-refractivity contribution is 5.59. The molecule has 2 heteroatoms. The molecule has 1 aliphatic heterocycles. The van der Waals surface area contributed by atoms with Crippen molar-refractivity contribution in [2.45, 2.75) is 26.3 Å². The van der Waals surface area contributed by atoms with Gasteiger partial charge in [-0.15, -0.1) is 0 Å². The van der Waals surface area contributed by atoms with Crippen molar-refractivity contribution < 1.29 is 4.74 Å². The van der Waals surface area contributed by atoms with Crippen molar-refractivity contribution in [3.63, 3.8) is 0 Å². The van der Waals surface area contributed by atoms with E-state index in [2.05, 4.69) is 55.6 Å². The third kappa shape index (κ3) is 2.07. The van der Waals surface area contributed by atoms with Crippen LogP contribution in [0.15, 0.2) is 36.4 Å². The van der Waals surface area contributed by atoms with Crippen molar-refractivity contribution in [1.29, 1.82) is 0 Å². The van der Waals surface area contributed by atoms with Gasteiger partial charge in [-0.05, 0) is 54.7 Å². The molecule has 0 bridgehead atoms. The van der Waals surface area contributed by atoms with Crippen molar-refractivity contribution >= 4 is 5.69 Å². The van der Waals surface area contributed by atoms with Crippen LogP contribution < -0.4 is 10.1 Å². The Labute approximate surface area is 114 Å². The number of anilines is 1. The van der Waals surface area contributed by atoms with E-state index < -0.39 is 0 Å². The molecular weight excluding hydrogens is 234 g/mol. The lowest BCUT2D eigenvalue weighted by atomic mass is 9.96. The molecule has 0 aromatic heterocycles. The van der Waals surface area contributed by atoms with E-state index in [0.717, 1.165) is 12.2 Å². The van der Waals surface area contributed by atoms with Gasteiger partial charge < -0.3 is 10.1 Å². The van der Waals surface area contributed by atoms with Gasteiger partial charge in [0, 0.05) is 5.69 Å². The monoisotopic (exact) mass is 253 g/mol. The molecule has 1 N–H and O–H groups in total. The Hall–Kier alpha value is -1.96. The molecule has 0 aliphatic carbocycles. The summed E-state index contributed by atoms with van der Waals surface area (Å²) in [6, 6.07) is 13.3. The van der Waals surface area contributed by atoms with Crippen LogP contribution >= 0.6 is 0 Å². The average molecular weight is 253 g/mol. The maximum Gasteiger partial charge on any atom is 0.122 e. The van der Waals surface area contributed by atoms with E-state index >= 15 is 0 Å². The summed E-state index contributed by atoms with van der Waals surface area (Å²) in [5, 5.41) is 3.62. The Bertz CT molecular complexity index is 594. The van der Waals surface area contributed by atoms with Crippen LogP contribution in [-0.2, 0) is 6.42 Å². The highest BCUT2D eigenvalue weighted by atomic mass is 16.5. The normalized spacial score (nSPS) is 16.9. The van der Waals surface area contributed by atoms with E-state index in [1.807, 2.05) is 0 Å².